The lowest BCUT2D eigenvalue weighted by Gasteiger charge is -2.09. The van der Waals surface area contributed by atoms with Crippen molar-refractivity contribution in [1.82, 2.24) is 0 Å². The molecule has 3 atom stereocenters. The number of methoxy groups -OCH3 is 1. The second-order valence-electron chi connectivity index (χ2n) is 3.99. The van der Waals surface area contributed by atoms with Crippen LogP contribution in [-0.4, -0.2) is 19.8 Å². The minimum atomic E-state index is 0.314. The molecular formula is C11H13NO2. The maximum atomic E-state index is 5.82. The largest absolute Gasteiger partial charge is 0.487 e. The van der Waals surface area contributed by atoms with Crippen molar-refractivity contribution in [2.24, 2.45) is 5.92 Å². The van der Waals surface area contributed by atoms with E-state index in [2.05, 4.69) is 6.07 Å². The Morgan fingerprint density at radius 2 is 2.36 bits per heavy atom. The fourth-order valence-corrected chi connectivity index (χ4v) is 2.41. The molecule has 74 valence electrons. The lowest BCUT2D eigenvalue weighted by Crippen LogP contribution is -2.05. The standard InChI is InChI=1S/C11H13NO2/c1-13-5-7-9-6-3-2-4-8(12)10(6)14-11(7)9/h2-4,7,9,11H,5,12H2,1H3. The van der Waals surface area contributed by atoms with Gasteiger partial charge in [0.2, 0.25) is 0 Å². The highest BCUT2D eigenvalue weighted by Gasteiger charge is 2.58. The van der Waals surface area contributed by atoms with Crippen LogP contribution in [-0.2, 0) is 4.74 Å². The molecule has 1 aliphatic carbocycles. The average Bonchev–Trinajstić information content (AvgIpc) is 2.70. The first-order valence-electron chi connectivity index (χ1n) is 4.87. The quantitative estimate of drug-likeness (QED) is 0.718. The molecule has 3 heteroatoms. The highest BCUT2D eigenvalue weighted by molar-refractivity contribution is 5.62. The van der Waals surface area contributed by atoms with E-state index >= 15 is 0 Å². The molecule has 1 saturated carbocycles. The first-order valence-corrected chi connectivity index (χ1v) is 4.87. The Kier molecular flexibility index (Phi) is 1.53. The molecule has 14 heavy (non-hydrogen) atoms. The van der Waals surface area contributed by atoms with Gasteiger partial charge in [-0.2, -0.15) is 0 Å². The van der Waals surface area contributed by atoms with Gasteiger partial charge in [0, 0.05) is 24.5 Å². The number of nitrogen functional groups attached to an aromatic ring is 1. The molecule has 1 aromatic carbocycles. The Bertz CT molecular complexity index is 378. The third-order valence-corrected chi connectivity index (χ3v) is 3.14. The molecule has 3 rings (SSSR count). The first kappa shape index (κ1) is 8.12. The smallest absolute Gasteiger partial charge is 0.146 e. The lowest BCUT2D eigenvalue weighted by molar-refractivity contribution is 0.163. The summed E-state index contributed by atoms with van der Waals surface area (Å²) in [7, 11) is 1.73. The van der Waals surface area contributed by atoms with Crippen molar-refractivity contribution in [3.05, 3.63) is 23.8 Å². The van der Waals surface area contributed by atoms with Crippen molar-refractivity contribution in [3.8, 4) is 5.75 Å². The summed E-state index contributed by atoms with van der Waals surface area (Å²) in [4.78, 5) is 0. The van der Waals surface area contributed by atoms with Crippen LogP contribution in [0.15, 0.2) is 18.2 Å². The number of rotatable bonds is 2. The van der Waals surface area contributed by atoms with Crippen molar-refractivity contribution < 1.29 is 9.47 Å². The molecule has 2 N–H and O–H groups in total. The van der Waals surface area contributed by atoms with Crippen molar-refractivity contribution in [3.63, 3.8) is 0 Å². The number of hydrogen-bond acceptors (Lipinski definition) is 3. The summed E-state index contributed by atoms with van der Waals surface area (Å²) in [6, 6.07) is 5.98. The van der Waals surface area contributed by atoms with Gasteiger partial charge in [0.1, 0.15) is 11.9 Å². The average molecular weight is 191 g/mol. The molecule has 3 unspecified atom stereocenters. The minimum Gasteiger partial charge on any atom is -0.487 e. The van der Waals surface area contributed by atoms with E-state index in [4.69, 9.17) is 15.2 Å². The van der Waals surface area contributed by atoms with Crippen LogP contribution < -0.4 is 10.5 Å². The van der Waals surface area contributed by atoms with Crippen molar-refractivity contribution in [1.29, 1.82) is 0 Å². The summed E-state index contributed by atoms with van der Waals surface area (Å²) in [5.74, 6) is 1.96. The molecule has 0 saturated heterocycles. The number of benzene rings is 1. The van der Waals surface area contributed by atoms with E-state index < -0.39 is 0 Å². The van der Waals surface area contributed by atoms with Gasteiger partial charge in [-0.3, -0.25) is 0 Å². The van der Waals surface area contributed by atoms with Gasteiger partial charge in [-0.05, 0) is 6.07 Å². The van der Waals surface area contributed by atoms with E-state index in [1.165, 1.54) is 5.56 Å². The highest BCUT2D eigenvalue weighted by Crippen LogP contribution is 2.59. The maximum Gasteiger partial charge on any atom is 0.146 e. The highest BCUT2D eigenvalue weighted by atomic mass is 16.5. The molecule has 0 bridgehead atoms. The molecule has 0 radical (unpaired) electrons. The number of nitrogens with two attached hydrogens (primary N) is 1. The van der Waals surface area contributed by atoms with Gasteiger partial charge in [-0.25, -0.2) is 0 Å². The Labute approximate surface area is 82.8 Å². The van der Waals surface area contributed by atoms with Gasteiger partial charge in [0.15, 0.2) is 0 Å². The van der Waals surface area contributed by atoms with E-state index in [1.54, 1.807) is 7.11 Å². The van der Waals surface area contributed by atoms with Crippen LogP contribution in [0.5, 0.6) is 5.75 Å². The lowest BCUT2D eigenvalue weighted by atomic mass is 10.1. The number of anilines is 1. The van der Waals surface area contributed by atoms with Gasteiger partial charge >= 0.3 is 0 Å². The van der Waals surface area contributed by atoms with Gasteiger partial charge in [0.05, 0.1) is 12.3 Å². The molecule has 0 aromatic heterocycles. The number of ether oxygens (including phenoxy) is 2. The fourth-order valence-electron chi connectivity index (χ4n) is 2.41. The Balaban J connectivity index is 1.91. The molecule has 2 aliphatic rings. The summed E-state index contributed by atoms with van der Waals surface area (Å²) in [5.41, 5.74) is 7.83. The topological polar surface area (TPSA) is 44.5 Å². The second kappa shape index (κ2) is 2.64. The zero-order chi connectivity index (χ0) is 9.71. The predicted octanol–water partition coefficient (Wildman–Crippen LogP) is 1.39. The summed E-state index contributed by atoms with van der Waals surface area (Å²) in [6.07, 6.45) is 0.314. The molecule has 1 aromatic rings. The zero-order valence-corrected chi connectivity index (χ0v) is 8.07. The summed E-state index contributed by atoms with van der Waals surface area (Å²) in [6.45, 7) is 0.781. The predicted molar refractivity (Wildman–Crippen MR) is 53.4 cm³/mol. The van der Waals surface area contributed by atoms with Crippen LogP contribution in [0.25, 0.3) is 0 Å². The van der Waals surface area contributed by atoms with E-state index in [0.29, 0.717) is 17.9 Å². The van der Waals surface area contributed by atoms with Crippen LogP contribution in [0.2, 0.25) is 0 Å². The molecule has 1 aliphatic heterocycles. The molecule has 3 nitrogen and oxygen atoms in total. The summed E-state index contributed by atoms with van der Waals surface area (Å²) < 4.78 is 10.9. The fraction of sp³-hybridized carbons (Fsp3) is 0.455. The van der Waals surface area contributed by atoms with Gasteiger partial charge < -0.3 is 15.2 Å². The third kappa shape index (κ3) is 0.904. The summed E-state index contributed by atoms with van der Waals surface area (Å²) >= 11 is 0. The van der Waals surface area contributed by atoms with Crippen molar-refractivity contribution in [2.75, 3.05) is 19.5 Å². The van der Waals surface area contributed by atoms with Crippen LogP contribution in [0.3, 0.4) is 0 Å². The maximum absolute atomic E-state index is 5.82. The van der Waals surface area contributed by atoms with E-state index in [0.717, 1.165) is 18.0 Å². The molecular weight excluding hydrogens is 178 g/mol. The van der Waals surface area contributed by atoms with E-state index in [1.807, 2.05) is 12.1 Å². The van der Waals surface area contributed by atoms with Crippen LogP contribution in [0.1, 0.15) is 11.5 Å². The molecule has 0 amide bonds. The molecule has 1 fully saturated rings. The Morgan fingerprint density at radius 1 is 1.50 bits per heavy atom. The molecule has 1 heterocycles. The zero-order valence-electron chi connectivity index (χ0n) is 8.07. The minimum absolute atomic E-state index is 0.314. The van der Waals surface area contributed by atoms with Gasteiger partial charge in [-0.15, -0.1) is 0 Å². The van der Waals surface area contributed by atoms with Crippen LogP contribution in [0, 0.1) is 5.92 Å². The second-order valence-corrected chi connectivity index (χ2v) is 3.99. The SMILES string of the molecule is COCC1C2Oc3c(N)cccc3C12. The van der Waals surface area contributed by atoms with Gasteiger partial charge in [-0.1, -0.05) is 12.1 Å². The van der Waals surface area contributed by atoms with E-state index in [9.17, 15) is 0 Å². The van der Waals surface area contributed by atoms with Crippen LogP contribution >= 0.6 is 0 Å². The third-order valence-electron chi connectivity index (χ3n) is 3.14. The van der Waals surface area contributed by atoms with E-state index in [-0.39, 0.29) is 0 Å². The number of hydrogen-bond donors (Lipinski definition) is 1. The summed E-state index contributed by atoms with van der Waals surface area (Å²) in [5, 5.41) is 0. The monoisotopic (exact) mass is 191 g/mol. The van der Waals surface area contributed by atoms with Gasteiger partial charge in [0.25, 0.3) is 0 Å². The first-order chi connectivity index (χ1) is 6.83. The Morgan fingerprint density at radius 3 is 3.14 bits per heavy atom. The van der Waals surface area contributed by atoms with Crippen molar-refractivity contribution >= 4 is 5.69 Å². The molecule has 0 spiro atoms. The van der Waals surface area contributed by atoms with Crippen LogP contribution in [0.4, 0.5) is 5.69 Å². The van der Waals surface area contributed by atoms with Crippen molar-refractivity contribution in [2.45, 2.75) is 12.0 Å². The number of fused-ring (bicyclic) bond motifs is 3. The Hall–Kier alpha value is -1.22. The normalized spacial score (nSPS) is 31.9. The number of para-hydroxylation sites is 1.